The quantitative estimate of drug-likeness (QED) is 0.810. The third-order valence-corrected chi connectivity index (χ3v) is 3.37. The largest absolute Gasteiger partial charge is 0.354 e. The highest BCUT2D eigenvalue weighted by Crippen LogP contribution is 2.33. The molecule has 1 N–H and O–H groups in total. The van der Waals surface area contributed by atoms with E-state index in [1.165, 1.54) is 12.1 Å². The Morgan fingerprint density at radius 2 is 1.55 bits per heavy atom. The van der Waals surface area contributed by atoms with Gasteiger partial charge in [-0.2, -0.15) is 0 Å². The lowest BCUT2D eigenvalue weighted by molar-refractivity contribution is -0.122. The normalized spacial score (nSPS) is 15.4. The van der Waals surface area contributed by atoms with Gasteiger partial charge in [0.2, 0.25) is 0 Å². The summed E-state index contributed by atoms with van der Waals surface area (Å²) >= 11 is 0. The summed E-state index contributed by atoms with van der Waals surface area (Å²) in [5.41, 5.74) is 1.04. The van der Waals surface area contributed by atoms with E-state index in [0.29, 0.717) is 0 Å². The van der Waals surface area contributed by atoms with E-state index in [2.05, 4.69) is 26.1 Å². The third-order valence-electron chi connectivity index (χ3n) is 3.37. The van der Waals surface area contributed by atoms with Crippen LogP contribution >= 0.6 is 0 Å². The summed E-state index contributed by atoms with van der Waals surface area (Å²) in [6, 6.07) is 6.71. The number of benzene rings is 1. The van der Waals surface area contributed by atoms with E-state index in [1.807, 2.05) is 19.1 Å². The van der Waals surface area contributed by atoms with Crippen LogP contribution in [-0.4, -0.2) is 26.6 Å². The van der Waals surface area contributed by atoms with Crippen molar-refractivity contribution in [3.8, 4) is 0 Å². The number of methoxy groups -OCH3 is 2. The van der Waals surface area contributed by atoms with Crippen LogP contribution in [0, 0.1) is 11.2 Å². The van der Waals surface area contributed by atoms with Gasteiger partial charge in [0, 0.05) is 20.3 Å². The van der Waals surface area contributed by atoms with Gasteiger partial charge in [-0.3, -0.25) is 0 Å². The van der Waals surface area contributed by atoms with Gasteiger partial charge in [0.05, 0.1) is 6.04 Å². The Morgan fingerprint density at radius 3 is 1.95 bits per heavy atom. The van der Waals surface area contributed by atoms with E-state index in [-0.39, 0.29) is 29.6 Å². The van der Waals surface area contributed by atoms with Gasteiger partial charge >= 0.3 is 0 Å². The maximum atomic E-state index is 13.1. The topological polar surface area (TPSA) is 30.5 Å². The SMILES string of the molecule is COC(OC)C(C)NC(c1ccc(F)cc1)C(C)(C)C. The van der Waals surface area contributed by atoms with Gasteiger partial charge in [-0.15, -0.1) is 0 Å². The van der Waals surface area contributed by atoms with Crippen molar-refractivity contribution in [2.75, 3.05) is 14.2 Å². The molecule has 0 spiro atoms. The summed E-state index contributed by atoms with van der Waals surface area (Å²) < 4.78 is 23.7. The van der Waals surface area contributed by atoms with E-state index < -0.39 is 0 Å². The molecule has 0 radical (unpaired) electrons. The molecule has 0 bridgehead atoms. The molecule has 2 atom stereocenters. The fourth-order valence-corrected chi connectivity index (χ4v) is 2.35. The zero-order valence-electron chi connectivity index (χ0n) is 13.2. The first-order chi connectivity index (χ1) is 9.29. The van der Waals surface area contributed by atoms with Crippen LogP contribution in [-0.2, 0) is 9.47 Å². The van der Waals surface area contributed by atoms with Crippen molar-refractivity contribution in [2.24, 2.45) is 5.41 Å². The van der Waals surface area contributed by atoms with E-state index in [0.717, 1.165) is 5.56 Å². The van der Waals surface area contributed by atoms with Crippen molar-refractivity contribution in [2.45, 2.75) is 46.1 Å². The van der Waals surface area contributed by atoms with Crippen LogP contribution in [0.4, 0.5) is 4.39 Å². The van der Waals surface area contributed by atoms with Crippen molar-refractivity contribution in [1.82, 2.24) is 5.32 Å². The zero-order chi connectivity index (χ0) is 15.3. The predicted molar refractivity (Wildman–Crippen MR) is 79.0 cm³/mol. The molecule has 2 unspecified atom stereocenters. The molecule has 0 aliphatic heterocycles. The minimum absolute atomic E-state index is 0.0132. The molecule has 3 nitrogen and oxygen atoms in total. The molecule has 0 saturated carbocycles. The average Bonchev–Trinajstić information content (AvgIpc) is 2.37. The Kier molecular flexibility index (Phi) is 6.11. The smallest absolute Gasteiger partial charge is 0.171 e. The maximum absolute atomic E-state index is 13.1. The van der Waals surface area contributed by atoms with Crippen molar-refractivity contribution >= 4 is 0 Å². The average molecular weight is 283 g/mol. The second kappa shape index (κ2) is 7.16. The minimum Gasteiger partial charge on any atom is -0.354 e. The highest BCUT2D eigenvalue weighted by atomic mass is 19.1. The number of rotatable bonds is 6. The summed E-state index contributed by atoms with van der Waals surface area (Å²) in [6.07, 6.45) is -0.319. The van der Waals surface area contributed by atoms with Crippen molar-refractivity contribution < 1.29 is 13.9 Å². The van der Waals surface area contributed by atoms with Gasteiger partial charge in [-0.05, 0) is 30.0 Å². The lowest BCUT2D eigenvalue weighted by atomic mass is 9.82. The minimum atomic E-state index is -0.319. The molecule has 0 fully saturated rings. The monoisotopic (exact) mass is 283 g/mol. The van der Waals surface area contributed by atoms with Gasteiger partial charge in [-0.25, -0.2) is 4.39 Å². The van der Waals surface area contributed by atoms with Crippen LogP contribution in [0.15, 0.2) is 24.3 Å². The van der Waals surface area contributed by atoms with Crippen LogP contribution in [0.2, 0.25) is 0 Å². The Hall–Kier alpha value is -0.970. The van der Waals surface area contributed by atoms with Crippen LogP contribution in [0.3, 0.4) is 0 Å². The standard InChI is InChI=1S/C16H26FNO2/c1-11(15(19-5)20-6)18-14(16(2,3)4)12-7-9-13(17)10-8-12/h7-11,14-15,18H,1-6H3. The molecule has 1 aromatic carbocycles. The molecule has 0 heterocycles. The first-order valence-electron chi connectivity index (χ1n) is 6.86. The lowest BCUT2D eigenvalue weighted by Gasteiger charge is -2.36. The molecule has 1 rings (SSSR count). The zero-order valence-corrected chi connectivity index (χ0v) is 13.2. The Labute approximate surface area is 121 Å². The van der Waals surface area contributed by atoms with Crippen LogP contribution in [0.1, 0.15) is 39.3 Å². The highest BCUT2D eigenvalue weighted by Gasteiger charge is 2.29. The van der Waals surface area contributed by atoms with Crippen LogP contribution in [0.25, 0.3) is 0 Å². The van der Waals surface area contributed by atoms with Gasteiger partial charge < -0.3 is 14.8 Å². The molecule has 1 aromatic rings. The molecule has 0 amide bonds. The summed E-state index contributed by atoms with van der Waals surface area (Å²) in [6.45, 7) is 8.46. The molecule has 0 aliphatic rings. The van der Waals surface area contributed by atoms with Crippen molar-refractivity contribution in [3.63, 3.8) is 0 Å². The molecule has 114 valence electrons. The molecule has 0 aliphatic carbocycles. The number of nitrogens with one attached hydrogen (secondary N) is 1. The Balaban J connectivity index is 2.94. The van der Waals surface area contributed by atoms with E-state index in [9.17, 15) is 4.39 Å². The predicted octanol–water partition coefficient (Wildman–Crippen LogP) is 3.51. The molecular formula is C16H26FNO2. The van der Waals surface area contributed by atoms with E-state index >= 15 is 0 Å². The van der Waals surface area contributed by atoms with Gasteiger partial charge in [0.25, 0.3) is 0 Å². The Morgan fingerprint density at radius 1 is 1.05 bits per heavy atom. The summed E-state index contributed by atoms with van der Waals surface area (Å²) in [5.74, 6) is -0.221. The lowest BCUT2D eigenvalue weighted by Crippen LogP contribution is -2.45. The van der Waals surface area contributed by atoms with Crippen molar-refractivity contribution in [1.29, 1.82) is 0 Å². The van der Waals surface area contributed by atoms with Crippen LogP contribution < -0.4 is 5.32 Å². The highest BCUT2D eigenvalue weighted by molar-refractivity contribution is 5.22. The second-order valence-corrected chi connectivity index (χ2v) is 6.15. The Bertz CT molecular complexity index is 396. The van der Waals surface area contributed by atoms with E-state index in [1.54, 1.807) is 14.2 Å². The second-order valence-electron chi connectivity index (χ2n) is 6.15. The van der Waals surface area contributed by atoms with Crippen LogP contribution in [0.5, 0.6) is 0 Å². The number of ether oxygens (including phenoxy) is 2. The maximum Gasteiger partial charge on any atom is 0.171 e. The number of hydrogen-bond donors (Lipinski definition) is 1. The molecule has 4 heteroatoms. The first kappa shape index (κ1) is 17.1. The number of hydrogen-bond acceptors (Lipinski definition) is 3. The summed E-state index contributed by atoms with van der Waals surface area (Å²) in [7, 11) is 3.24. The summed E-state index contributed by atoms with van der Waals surface area (Å²) in [5, 5.41) is 3.52. The first-order valence-corrected chi connectivity index (χ1v) is 6.86. The van der Waals surface area contributed by atoms with Gasteiger partial charge in [-0.1, -0.05) is 32.9 Å². The number of halogens is 1. The molecule has 0 aromatic heterocycles. The van der Waals surface area contributed by atoms with Gasteiger partial charge in [0.1, 0.15) is 5.82 Å². The fourth-order valence-electron chi connectivity index (χ4n) is 2.35. The summed E-state index contributed by atoms with van der Waals surface area (Å²) in [4.78, 5) is 0. The fraction of sp³-hybridized carbons (Fsp3) is 0.625. The van der Waals surface area contributed by atoms with Crippen molar-refractivity contribution in [3.05, 3.63) is 35.6 Å². The van der Waals surface area contributed by atoms with Gasteiger partial charge in [0.15, 0.2) is 6.29 Å². The third kappa shape index (κ3) is 4.54. The molecular weight excluding hydrogens is 257 g/mol. The molecule has 20 heavy (non-hydrogen) atoms. The van der Waals surface area contributed by atoms with E-state index in [4.69, 9.17) is 9.47 Å². The molecule has 0 saturated heterocycles.